The summed E-state index contributed by atoms with van der Waals surface area (Å²) in [5.41, 5.74) is 2.07. The average Bonchev–Trinajstić information content (AvgIpc) is 2.54. The van der Waals surface area contributed by atoms with Gasteiger partial charge >= 0.3 is 0 Å². The highest BCUT2D eigenvalue weighted by Gasteiger charge is 2.09. The second kappa shape index (κ2) is 12.0. The van der Waals surface area contributed by atoms with E-state index in [4.69, 9.17) is 42.6 Å². The van der Waals surface area contributed by atoms with Crippen LogP contribution in [0.15, 0.2) is 27.9 Å². The van der Waals surface area contributed by atoms with E-state index < -0.39 is 0 Å². The molecule has 0 heterocycles. The molecule has 1 aromatic rings. The van der Waals surface area contributed by atoms with E-state index in [-0.39, 0.29) is 4.49 Å². The molecule has 0 radical (unpaired) electrons. The standard InChI is InChI=1S/C17H23Cl2NO4/c1-3-14-12-15(23-8-5-16(18)19)11-13(2)17(14)24-10-9-22-7-4-6-20-21/h5-6,11-12,21H,3-4,7-10H2,1-2H3. The first-order valence-electron chi connectivity index (χ1n) is 7.72. The third-order valence-corrected chi connectivity index (χ3v) is 3.45. The molecule has 0 atom stereocenters. The summed E-state index contributed by atoms with van der Waals surface area (Å²) in [6.07, 6.45) is 4.38. The molecule has 0 spiro atoms. The van der Waals surface area contributed by atoms with Crippen LogP contribution in [-0.2, 0) is 11.2 Å². The van der Waals surface area contributed by atoms with Crippen molar-refractivity contribution in [2.24, 2.45) is 5.16 Å². The quantitative estimate of drug-likeness (QED) is 0.267. The SMILES string of the molecule is CCc1cc(OCC=C(Cl)Cl)cc(C)c1OCCOCCC=NO. The van der Waals surface area contributed by atoms with Gasteiger partial charge in [-0.05, 0) is 42.7 Å². The fraction of sp³-hybridized carbons (Fsp3) is 0.471. The third-order valence-electron chi connectivity index (χ3n) is 3.14. The number of aryl methyl sites for hydroxylation is 2. The van der Waals surface area contributed by atoms with Crippen molar-refractivity contribution in [3.63, 3.8) is 0 Å². The summed E-state index contributed by atoms with van der Waals surface area (Å²) in [7, 11) is 0. The van der Waals surface area contributed by atoms with Crippen molar-refractivity contribution in [3.8, 4) is 11.5 Å². The fourth-order valence-electron chi connectivity index (χ4n) is 2.06. The summed E-state index contributed by atoms with van der Waals surface area (Å²) in [5.74, 6) is 1.61. The highest BCUT2D eigenvalue weighted by Crippen LogP contribution is 2.29. The number of nitrogens with zero attached hydrogens (tertiary/aromatic N) is 1. The number of hydrogen-bond donors (Lipinski definition) is 1. The van der Waals surface area contributed by atoms with E-state index in [1.54, 1.807) is 6.08 Å². The molecule has 7 heteroatoms. The van der Waals surface area contributed by atoms with Gasteiger partial charge in [-0.25, -0.2) is 0 Å². The van der Waals surface area contributed by atoms with E-state index >= 15 is 0 Å². The summed E-state index contributed by atoms with van der Waals surface area (Å²) in [5, 5.41) is 11.2. The minimum absolute atomic E-state index is 0.188. The normalized spacial score (nSPS) is 10.8. The molecule has 0 aromatic heterocycles. The van der Waals surface area contributed by atoms with Crippen LogP contribution in [0.25, 0.3) is 0 Å². The Kier molecular flexibility index (Phi) is 10.3. The number of ether oxygens (including phenoxy) is 3. The summed E-state index contributed by atoms with van der Waals surface area (Å²) in [6.45, 7) is 5.77. The molecule has 0 saturated carbocycles. The van der Waals surface area contributed by atoms with Crippen LogP contribution in [0.4, 0.5) is 0 Å². The van der Waals surface area contributed by atoms with Gasteiger partial charge in [0.05, 0.1) is 13.2 Å². The van der Waals surface area contributed by atoms with E-state index in [1.165, 1.54) is 6.21 Å². The Morgan fingerprint density at radius 1 is 1.21 bits per heavy atom. The summed E-state index contributed by atoms with van der Waals surface area (Å²) < 4.78 is 17.0. The Hall–Kier alpha value is -1.43. The Morgan fingerprint density at radius 2 is 2.00 bits per heavy atom. The molecule has 0 bridgehead atoms. The highest BCUT2D eigenvalue weighted by atomic mass is 35.5. The van der Waals surface area contributed by atoms with Crippen molar-refractivity contribution in [1.82, 2.24) is 0 Å². The molecular formula is C17H23Cl2NO4. The molecule has 1 rings (SSSR count). The van der Waals surface area contributed by atoms with Gasteiger partial charge in [-0.1, -0.05) is 30.1 Å². The first-order valence-corrected chi connectivity index (χ1v) is 8.48. The zero-order valence-corrected chi connectivity index (χ0v) is 15.4. The van der Waals surface area contributed by atoms with Crippen molar-refractivity contribution in [1.29, 1.82) is 0 Å². The third kappa shape index (κ3) is 7.90. The molecule has 5 nitrogen and oxygen atoms in total. The Bertz CT molecular complexity index is 558. The molecule has 1 aromatic carbocycles. The van der Waals surface area contributed by atoms with Gasteiger partial charge in [-0.2, -0.15) is 0 Å². The molecular weight excluding hydrogens is 353 g/mol. The van der Waals surface area contributed by atoms with Crippen LogP contribution in [-0.4, -0.2) is 37.8 Å². The second-order valence-electron chi connectivity index (χ2n) is 4.93. The second-order valence-corrected chi connectivity index (χ2v) is 5.94. The fourth-order valence-corrected chi connectivity index (χ4v) is 2.19. The first-order chi connectivity index (χ1) is 11.6. The lowest BCUT2D eigenvalue weighted by Crippen LogP contribution is -2.10. The smallest absolute Gasteiger partial charge is 0.125 e. The van der Waals surface area contributed by atoms with Crippen molar-refractivity contribution < 1.29 is 19.4 Å². The van der Waals surface area contributed by atoms with E-state index in [9.17, 15) is 0 Å². The van der Waals surface area contributed by atoms with E-state index in [0.29, 0.717) is 32.8 Å². The summed E-state index contributed by atoms with van der Waals surface area (Å²) in [6, 6.07) is 3.87. The first kappa shape index (κ1) is 20.6. The topological polar surface area (TPSA) is 60.3 Å². The molecule has 0 fully saturated rings. The molecule has 1 N–H and O–H groups in total. The maximum Gasteiger partial charge on any atom is 0.125 e. The number of hydrogen-bond acceptors (Lipinski definition) is 5. The van der Waals surface area contributed by atoms with Crippen molar-refractivity contribution in [3.05, 3.63) is 33.8 Å². The van der Waals surface area contributed by atoms with Crippen molar-refractivity contribution >= 4 is 29.4 Å². The molecule has 0 saturated heterocycles. The molecule has 24 heavy (non-hydrogen) atoms. The van der Waals surface area contributed by atoms with Crippen LogP contribution in [0.3, 0.4) is 0 Å². The molecule has 0 aliphatic carbocycles. The van der Waals surface area contributed by atoms with Gasteiger partial charge < -0.3 is 19.4 Å². The van der Waals surface area contributed by atoms with Crippen LogP contribution >= 0.6 is 23.2 Å². The van der Waals surface area contributed by atoms with Crippen LogP contribution < -0.4 is 9.47 Å². The zero-order chi connectivity index (χ0) is 17.8. The van der Waals surface area contributed by atoms with Gasteiger partial charge in [-0.3, -0.25) is 0 Å². The van der Waals surface area contributed by atoms with Crippen LogP contribution in [0, 0.1) is 6.92 Å². The zero-order valence-electron chi connectivity index (χ0n) is 13.9. The molecule has 0 aliphatic rings. The average molecular weight is 376 g/mol. The molecule has 0 aliphatic heterocycles. The van der Waals surface area contributed by atoms with E-state index in [2.05, 4.69) is 12.1 Å². The van der Waals surface area contributed by atoms with Crippen molar-refractivity contribution in [2.75, 3.05) is 26.4 Å². The minimum Gasteiger partial charge on any atom is -0.491 e. The maximum absolute atomic E-state index is 8.27. The van der Waals surface area contributed by atoms with E-state index in [0.717, 1.165) is 29.0 Å². The van der Waals surface area contributed by atoms with Gasteiger partial charge in [0.2, 0.25) is 0 Å². The Labute approximate surface area is 152 Å². The number of benzene rings is 1. The lowest BCUT2D eigenvalue weighted by Gasteiger charge is -2.15. The van der Waals surface area contributed by atoms with Gasteiger partial charge in [0.1, 0.15) is 29.2 Å². The monoisotopic (exact) mass is 375 g/mol. The number of oxime groups is 1. The van der Waals surface area contributed by atoms with Crippen LogP contribution in [0.5, 0.6) is 11.5 Å². The summed E-state index contributed by atoms with van der Waals surface area (Å²) in [4.78, 5) is 0. The van der Waals surface area contributed by atoms with Gasteiger partial charge in [0.25, 0.3) is 0 Å². The van der Waals surface area contributed by atoms with E-state index in [1.807, 2.05) is 19.1 Å². The van der Waals surface area contributed by atoms with Crippen LogP contribution in [0.1, 0.15) is 24.5 Å². The van der Waals surface area contributed by atoms with Crippen molar-refractivity contribution in [2.45, 2.75) is 26.7 Å². The molecule has 0 amide bonds. The maximum atomic E-state index is 8.27. The van der Waals surface area contributed by atoms with Gasteiger partial charge in [0, 0.05) is 12.6 Å². The molecule has 0 unspecified atom stereocenters. The largest absolute Gasteiger partial charge is 0.491 e. The minimum atomic E-state index is 0.188. The number of halogens is 2. The lowest BCUT2D eigenvalue weighted by atomic mass is 10.1. The number of rotatable bonds is 11. The van der Waals surface area contributed by atoms with Gasteiger partial charge in [0.15, 0.2) is 0 Å². The lowest BCUT2D eigenvalue weighted by molar-refractivity contribution is 0.105. The predicted octanol–water partition coefficient (Wildman–Crippen LogP) is 4.50. The highest BCUT2D eigenvalue weighted by molar-refractivity contribution is 6.55. The Morgan fingerprint density at radius 3 is 2.67 bits per heavy atom. The molecule has 134 valence electrons. The van der Waals surface area contributed by atoms with Crippen LogP contribution in [0.2, 0.25) is 0 Å². The summed E-state index contributed by atoms with van der Waals surface area (Å²) >= 11 is 11.1. The predicted molar refractivity (Wildman–Crippen MR) is 97.1 cm³/mol. The Balaban J connectivity index is 2.56. The van der Waals surface area contributed by atoms with Gasteiger partial charge in [-0.15, -0.1) is 5.16 Å².